The highest BCUT2D eigenvalue weighted by Crippen LogP contribution is 2.50. The summed E-state index contributed by atoms with van der Waals surface area (Å²) in [4.78, 5) is 0. The quantitative estimate of drug-likeness (QED) is 0.831. The lowest BCUT2D eigenvalue weighted by atomic mass is 9.85. The minimum absolute atomic E-state index is 0.0570. The molecular weight excluding hydrogens is 304 g/mol. The molecule has 2 aromatic rings. The largest absolute Gasteiger partial charge is 0.497 e. The SMILES string of the molecule is COc1ccc([C@H]2O[C@@H](c3ccc4c(c3)OCO4)[C@H](C)[C@H]2C)cc1. The van der Waals surface area contributed by atoms with Crippen LogP contribution in [0.3, 0.4) is 0 Å². The van der Waals surface area contributed by atoms with Crippen molar-refractivity contribution in [3.63, 3.8) is 0 Å². The van der Waals surface area contributed by atoms with E-state index in [1.54, 1.807) is 7.11 Å². The van der Waals surface area contributed by atoms with Gasteiger partial charge in [-0.1, -0.05) is 32.0 Å². The van der Waals surface area contributed by atoms with Gasteiger partial charge in [0, 0.05) is 0 Å². The van der Waals surface area contributed by atoms with Crippen LogP contribution < -0.4 is 14.2 Å². The summed E-state index contributed by atoms with van der Waals surface area (Å²) < 4.78 is 22.6. The van der Waals surface area contributed by atoms with Crippen molar-refractivity contribution in [2.45, 2.75) is 26.1 Å². The van der Waals surface area contributed by atoms with Crippen LogP contribution >= 0.6 is 0 Å². The fourth-order valence-corrected chi connectivity index (χ4v) is 3.61. The predicted octanol–water partition coefficient (Wildman–Crippen LogP) is 4.51. The molecule has 2 aromatic carbocycles. The standard InChI is InChI=1S/C20H22O4/c1-12-13(2)20(15-6-9-17-18(10-15)23-11-22-17)24-19(12)14-4-7-16(21-3)8-5-14/h4-10,12-13,19-20H,11H2,1-3H3/t12-,13-,19+,20-/m1/s1. The molecule has 4 rings (SSSR count). The minimum Gasteiger partial charge on any atom is -0.497 e. The summed E-state index contributed by atoms with van der Waals surface area (Å²) in [5.41, 5.74) is 2.34. The molecule has 4 heteroatoms. The average molecular weight is 326 g/mol. The van der Waals surface area contributed by atoms with Gasteiger partial charge in [-0.3, -0.25) is 0 Å². The molecule has 0 N–H and O–H groups in total. The molecule has 0 unspecified atom stereocenters. The van der Waals surface area contributed by atoms with Crippen LogP contribution in [0.25, 0.3) is 0 Å². The fourth-order valence-electron chi connectivity index (χ4n) is 3.61. The molecule has 0 bridgehead atoms. The highest BCUT2D eigenvalue weighted by molar-refractivity contribution is 5.45. The Kier molecular flexibility index (Phi) is 3.85. The summed E-state index contributed by atoms with van der Waals surface area (Å²) in [6, 6.07) is 14.3. The van der Waals surface area contributed by atoms with E-state index in [4.69, 9.17) is 18.9 Å². The molecule has 0 radical (unpaired) electrons. The zero-order valence-electron chi connectivity index (χ0n) is 14.2. The van der Waals surface area contributed by atoms with E-state index < -0.39 is 0 Å². The molecule has 0 saturated carbocycles. The minimum atomic E-state index is 0.0570. The third-order valence-corrected chi connectivity index (χ3v) is 5.25. The second kappa shape index (κ2) is 6.02. The molecular formula is C20H22O4. The Morgan fingerprint density at radius 3 is 2.17 bits per heavy atom. The van der Waals surface area contributed by atoms with Crippen molar-refractivity contribution in [2.75, 3.05) is 13.9 Å². The normalized spacial score (nSPS) is 28.1. The molecule has 4 atom stereocenters. The van der Waals surface area contributed by atoms with E-state index in [0.29, 0.717) is 18.6 Å². The van der Waals surface area contributed by atoms with Gasteiger partial charge in [-0.25, -0.2) is 0 Å². The van der Waals surface area contributed by atoms with E-state index in [-0.39, 0.29) is 12.2 Å². The molecule has 24 heavy (non-hydrogen) atoms. The maximum atomic E-state index is 6.45. The van der Waals surface area contributed by atoms with Gasteiger partial charge >= 0.3 is 0 Å². The van der Waals surface area contributed by atoms with E-state index >= 15 is 0 Å². The van der Waals surface area contributed by atoms with Crippen LogP contribution in [0, 0.1) is 11.8 Å². The van der Waals surface area contributed by atoms with Gasteiger partial charge in [0.15, 0.2) is 11.5 Å². The van der Waals surface area contributed by atoms with Gasteiger partial charge in [0.05, 0.1) is 19.3 Å². The smallest absolute Gasteiger partial charge is 0.231 e. The Bertz CT molecular complexity index is 725. The Balaban J connectivity index is 1.59. The number of hydrogen-bond donors (Lipinski definition) is 0. The monoisotopic (exact) mass is 326 g/mol. The molecule has 0 spiro atoms. The van der Waals surface area contributed by atoms with E-state index in [1.165, 1.54) is 5.56 Å². The molecule has 1 fully saturated rings. The first-order chi connectivity index (χ1) is 11.7. The Morgan fingerprint density at radius 1 is 0.833 bits per heavy atom. The molecule has 2 heterocycles. The van der Waals surface area contributed by atoms with Gasteiger partial charge in [0.25, 0.3) is 0 Å². The van der Waals surface area contributed by atoms with Gasteiger partial charge in [0.1, 0.15) is 5.75 Å². The predicted molar refractivity (Wildman–Crippen MR) is 90.5 cm³/mol. The summed E-state index contributed by atoms with van der Waals surface area (Å²) in [6.45, 7) is 4.81. The van der Waals surface area contributed by atoms with E-state index in [9.17, 15) is 0 Å². The lowest BCUT2D eigenvalue weighted by molar-refractivity contribution is 0.0289. The number of methoxy groups -OCH3 is 1. The highest BCUT2D eigenvalue weighted by Gasteiger charge is 2.40. The molecule has 0 aliphatic carbocycles. The van der Waals surface area contributed by atoms with Crippen molar-refractivity contribution in [1.82, 2.24) is 0 Å². The summed E-state index contributed by atoms with van der Waals surface area (Å²) in [5.74, 6) is 3.32. The van der Waals surface area contributed by atoms with Crippen LogP contribution in [0.15, 0.2) is 42.5 Å². The lowest BCUT2D eigenvalue weighted by Gasteiger charge is -2.17. The number of benzene rings is 2. The molecule has 0 aromatic heterocycles. The van der Waals surface area contributed by atoms with E-state index in [0.717, 1.165) is 22.8 Å². The van der Waals surface area contributed by atoms with Crippen molar-refractivity contribution in [3.05, 3.63) is 53.6 Å². The molecule has 1 saturated heterocycles. The third-order valence-electron chi connectivity index (χ3n) is 5.25. The zero-order valence-corrected chi connectivity index (χ0v) is 14.2. The van der Waals surface area contributed by atoms with Crippen LogP contribution in [0.1, 0.15) is 37.2 Å². The maximum absolute atomic E-state index is 6.45. The van der Waals surface area contributed by atoms with E-state index in [1.807, 2.05) is 24.3 Å². The number of ether oxygens (including phenoxy) is 4. The van der Waals surface area contributed by atoms with Crippen molar-refractivity contribution < 1.29 is 18.9 Å². The van der Waals surface area contributed by atoms with E-state index in [2.05, 4.69) is 32.0 Å². The molecule has 126 valence electrons. The second-order valence-electron chi connectivity index (χ2n) is 6.58. The average Bonchev–Trinajstić information content (AvgIpc) is 3.20. The van der Waals surface area contributed by atoms with Crippen LogP contribution in [0.2, 0.25) is 0 Å². The van der Waals surface area contributed by atoms with Crippen molar-refractivity contribution in [2.24, 2.45) is 11.8 Å². The molecule has 2 aliphatic rings. The first kappa shape index (κ1) is 15.3. The van der Waals surface area contributed by atoms with Crippen LogP contribution in [0.4, 0.5) is 0 Å². The second-order valence-corrected chi connectivity index (χ2v) is 6.58. The maximum Gasteiger partial charge on any atom is 0.231 e. The van der Waals surface area contributed by atoms with Crippen LogP contribution in [-0.4, -0.2) is 13.9 Å². The molecule has 4 nitrogen and oxygen atoms in total. The summed E-state index contributed by atoms with van der Waals surface area (Å²) in [5, 5.41) is 0. The summed E-state index contributed by atoms with van der Waals surface area (Å²) in [7, 11) is 1.68. The van der Waals surface area contributed by atoms with Crippen molar-refractivity contribution in [3.8, 4) is 17.2 Å². The summed E-state index contributed by atoms with van der Waals surface area (Å²) in [6.07, 6.45) is 0.142. The Labute approximate surface area is 142 Å². The Morgan fingerprint density at radius 2 is 1.46 bits per heavy atom. The molecule has 0 amide bonds. The van der Waals surface area contributed by atoms with Crippen molar-refractivity contribution in [1.29, 1.82) is 0 Å². The number of rotatable bonds is 3. The van der Waals surface area contributed by atoms with Gasteiger partial charge in [0.2, 0.25) is 6.79 Å². The Hall–Kier alpha value is -2.20. The van der Waals surface area contributed by atoms with Gasteiger partial charge in [-0.05, 0) is 47.2 Å². The number of hydrogen-bond acceptors (Lipinski definition) is 4. The lowest BCUT2D eigenvalue weighted by Crippen LogP contribution is -2.09. The first-order valence-electron chi connectivity index (χ1n) is 8.36. The fraction of sp³-hybridized carbons (Fsp3) is 0.400. The number of fused-ring (bicyclic) bond motifs is 1. The highest BCUT2D eigenvalue weighted by atomic mass is 16.7. The first-order valence-corrected chi connectivity index (χ1v) is 8.36. The third kappa shape index (κ3) is 2.51. The topological polar surface area (TPSA) is 36.9 Å². The zero-order chi connectivity index (χ0) is 16.7. The van der Waals surface area contributed by atoms with Gasteiger partial charge in [-0.15, -0.1) is 0 Å². The van der Waals surface area contributed by atoms with Crippen LogP contribution in [-0.2, 0) is 4.74 Å². The van der Waals surface area contributed by atoms with Crippen molar-refractivity contribution >= 4 is 0 Å². The van der Waals surface area contributed by atoms with Gasteiger partial charge in [-0.2, -0.15) is 0 Å². The molecule has 2 aliphatic heterocycles. The summed E-state index contributed by atoms with van der Waals surface area (Å²) >= 11 is 0. The van der Waals surface area contributed by atoms with Crippen LogP contribution in [0.5, 0.6) is 17.2 Å². The van der Waals surface area contributed by atoms with Gasteiger partial charge < -0.3 is 18.9 Å².